The number of nitrogens with one attached hydrogen (secondary N) is 1. The van der Waals surface area contributed by atoms with E-state index in [0.717, 1.165) is 24.3 Å². The molecule has 0 saturated heterocycles. The van der Waals surface area contributed by atoms with Gasteiger partial charge in [-0.2, -0.15) is 4.63 Å². The van der Waals surface area contributed by atoms with Gasteiger partial charge in [0.25, 0.3) is 0 Å². The molecular weight excluding hydrogens is 152 g/mol. The van der Waals surface area contributed by atoms with Crippen molar-refractivity contribution in [2.75, 3.05) is 0 Å². The van der Waals surface area contributed by atoms with Crippen LogP contribution in [-0.4, -0.2) is 19.8 Å². The second-order valence-corrected chi connectivity index (χ2v) is 2.96. The number of hydrogen-bond donors (Lipinski definition) is 1. The monoisotopic (exact) mass is 164 g/mol. The summed E-state index contributed by atoms with van der Waals surface area (Å²) in [6, 6.07) is 2.05. The van der Waals surface area contributed by atoms with E-state index >= 15 is 0 Å². The van der Waals surface area contributed by atoms with E-state index in [1.54, 1.807) is 4.63 Å². The number of aromatic nitrogens is 4. The largest absolute Gasteiger partial charge is 0.280 e. The van der Waals surface area contributed by atoms with Gasteiger partial charge in [-0.25, -0.2) is 4.98 Å². The van der Waals surface area contributed by atoms with E-state index < -0.39 is 0 Å². The molecule has 0 aliphatic heterocycles. The molecule has 0 bridgehead atoms. The SMILES string of the molecule is CCCc1cc2nc(C)nn2[nH]1. The van der Waals surface area contributed by atoms with Crippen molar-refractivity contribution in [1.29, 1.82) is 0 Å². The second-order valence-electron chi connectivity index (χ2n) is 2.96. The number of hydrogen-bond acceptors (Lipinski definition) is 2. The molecule has 1 N–H and O–H groups in total. The van der Waals surface area contributed by atoms with Gasteiger partial charge in [0.05, 0.1) is 0 Å². The minimum absolute atomic E-state index is 0.810. The Hall–Kier alpha value is -1.32. The van der Waals surface area contributed by atoms with Crippen molar-refractivity contribution in [3.8, 4) is 0 Å². The number of aromatic amines is 1. The van der Waals surface area contributed by atoms with Gasteiger partial charge in [0.2, 0.25) is 0 Å². The van der Waals surface area contributed by atoms with E-state index in [4.69, 9.17) is 0 Å². The predicted molar refractivity (Wildman–Crippen MR) is 46.1 cm³/mol. The summed E-state index contributed by atoms with van der Waals surface area (Å²) in [6.45, 7) is 4.04. The van der Waals surface area contributed by atoms with E-state index in [1.165, 1.54) is 5.69 Å². The van der Waals surface area contributed by atoms with Crippen LogP contribution in [0, 0.1) is 6.92 Å². The van der Waals surface area contributed by atoms with E-state index in [2.05, 4.69) is 22.1 Å². The van der Waals surface area contributed by atoms with Crippen molar-refractivity contribution in [2.45, 2.75) is 26.7 Å². The zero-order chi connectivity index (χ0) is 8.55. The van der Waals surface area contributed by atoms with Gasteiger partial charge >= 0.3 is 0 Å². The third-order valence-electron chi connectivity index (χ3n) is 1.81. The highest BCUT2D eigenvalue weighted by Gasteiger charge is 2.02. The summed E-state index contributed by atoms with van der Waals surface area (Å²) in [4.78, 5) is 4.24. The lowest BCUT2D eigenvalue weighted by Gasteiger charge is -1.88. The van der Waals surface area contributed by atoms with Crippen LogP contribution in [0.1, 0.15) is 24.9 Å². The molecule has 0 spiro atoms. The van der Waals surface area contributed by atoms with Crippen molar-refractivity contribution in [2.24, 2.45) is 0 Å². The maximum atomic E-state index is 4.24. The van der Waals surface area contributed by atoms with E-state index in [1.807, 2.05) is 13.0 Å². The summed E-state index contributed by atoms with van der Waals surface area (Å²) < 4.78 is 1.72. The first-order valence-corrected chi connectivity index (χ1v) is 4.21. The molecule has 0 aromatic carbocycles. The first kappa shape index (κ1) is 7.34. The molecule has 0 aliphatic rings. The highest BCUT2D eigenvalue weighted by Crippen LogP contribution is 2.05. The summed E-state index contributed by atoms with van der Waals surface area (Å²) in [5.74, 6) is 0.810. The molecule has 0 saturated carbocycles. The summed E-state index contributed by atoms with van der Waals surface area (Å²) in [7, 11) is 0. The van der Waals surface area contributed by atoms with Crippen molar-refractivity contribution in [3.05, 3.63) is 17.6 Å². The number of rotatable bonds is 2. The molecule has 12 heavy (non-hydrogen) atoms. The third kappa shape index (κ3) is 1.09. The van der Waals surface area contributed by atoms with Crippen LogP contribution >= 0.6 is 0 Å². The number of nitrogens with zero attached hydrogens (tertiary/aromatic N) is 3. The van der Waals surface area contributed by atoms with Crippen LogP contribution in [0.3, 0.4) is 0 Å². The van der Waals surface area contributed by atoms with Crippen molar-refractivity contribution < 1.29 is 0 Å². The Morgan fingerprint density at radius 2 is 2.42 bits per heavy atom. The van der Waals surface area contributed by atoms with Crippen LogP contribution in [0.5, 0.6) is 0 Å². The zero-order valence-electron chi connectivity index (χ0n) is 7.33. The topological polar surface area (TPSA) is 46.0 Å². The van der Waals surface area contributed by atoms with Crippen LogP contribution in [0.25, 0.3) is 5.65 Å². The first-order valence-electron chi connectivity index (χ1n) is 4.21. The molecule has 0 aliphatic carbocycles. The van der Waals surface area contributed by atoms with Gasteiger partial charge in [-0.1, -0.05) is 13.3 Å². The average molecular weight is 164 g/mol. The van der Waals surface area contributed by atoms with Crippen LogP contribution in [0.4, 0.5) is 0 Å². The number of aryl methyl sites for hydroxylation is 2. The van der Waals surface area contributed by atoms with Crippen LogP contribution < -0.4 is 0 Å². The smallest absolute Gasteiger partial charge is 0.175 e. The van der Waals surface area contributed by atoms with Crippen LogP contribution in [0.2, 0.25) is 0 Å². The normalized spacial score (nSPS) is 11.2. The minimum atomic E-state index is 0.810. The molecule has 64 valence electrons. The summed E-state index contributed by atoms with van der Waals surface area (Å²) in [5.41, 5.74) is 2.11. The van der Waals surface area contributed by atoms with Gasteiger partial charge in [0.15, 0.2) is 5.65 Å². The standard InChI is InChI=1S/C8H12N4/c1-3-4-7-5-8-9-6(2)10-12(8)11-7/h5,11H,3-4H2,1-2H3. The van der Waals surface area contributed by atoms with Gasteiger partial charge in [-0.05, 0) is 13.3 Å². The fourth-order valence-electron chi connectivity index (χ4n) is 1.33. The summed E-state index contributed by atoms with van der Waals surface area (Å²) in [6.07, 6.45) is 2.20. The fourth-order valence-corrected chi connectivity index (χ4v) is 1.33. The molecule has 4 heteroatoms. The Morgan fingerprint density at radius 3 is 3.08 bits per heavy atom. The quantitative estimate of drug-likeness (QED) is 0.727. The van der Waals surface area contributed by atoms with Gasteiger partial charge in [0.1, 0.15) is 5.82 Å². The fraction of sp³-hybridized carbons (Fsp3) is 0.500. The molecule has 2 aromatic heterocycles. The zero-order valence-corrected chi connectivity index (χ0v) is 7.33. The van der Waals surface area contributed by atoms with Crippen molar-refractivity contribution in [1.82, 2.24) is 19.8 Å². The van der Waals surface area contributed by atoms with E-state index in [0.29, 0.717) is 0 Å². The lowest BCUT2D eigenvalue weighted by Crippen LogP contribution is -1.90. The molecule has 0 unspecified atom stereocenters. The molecule has 2 aromatic rings. The molecule has 0 atom stereocenters. The van der Waals surface area contributed by atoms with Crippen LogP contribution in [-0.2, 0) is 6.42 Å². The lowest BCUT2D eigenvalue weighted by molar-refractivity contribution is 0.762. The predicted octanol–water partition coefficient (Wildman–Crippen LogP) is 1.32. The Labute approximate surface area is 70.6 Å². The second kappa shape index (κ2) is 2.62. The molecule has 0 fully saturated rings. The van der Waals surface area contributed by atoms with Gasteiger partial charge in [0, 0.05) is 11.8 Å². The van der Waals surface area contributed by atoms with E-state index in [-0.39, 0.29) is 0 Å². The van der Waals surface area contributed by atoms with Crippen LogP contribution in [0.15, 0.2) is 6.07 Å². The van der Waals surface area contributed by atoms with Crippen molar-refractivity contribution >= 4 is 5.65 Å². The van der Waals surface area contributed by atoms with Gasteiger partial charge in [-0.3, -0.25) is 5.10 Å². The first-order chi connectivity index (χ1) is 5.79. The molecule has 0 radical (unpaired) electrons. The lowest BCUT2D eigenvalue weighted by atomic mass is 10.3. The molecule has 2 rings (SSSR count). The van der Waals surface area contributed by atoms with E-state index in [9.17, 15) is 0 Å². The highest BCUT2D eigenvalue weighted by atomic mass is 15.5. The number of H-pyrrole nitrogens is 1. The summed E-state index contributed by atoms with van der Waals surface area (Å²) in [5, 5.41) is 7.33. The average Bonchev–Trinajstić information content (AvgIpc) is 2.44. The third-order valence-corrected chi connectivity index (χ3v) is 1.81. The molecule has 0 amide bonds. The molecule has 4 nitrogen and oxygen atoms in total. The minimum Gasteiger partial charge on any atom is -0.280 e. The Morgan fingerprint density at radius 1 is 1.58 bits per heavy atom. The molecular formula is C8H12N4. The maximum Gasteiger partial charge on any atom is 0.175 e. The van der Waals surface area contributed by atoms with Crippen molar-refractivity contribution in [3.63, 3.8) is 0 Å². The highest BCUT2D eigenvalue weighted by molar-refractivity contribution is 5.38. The Bertz CT molecular complexity index is 353. The molecule has 2 heterocycles. The Balaban J connectivity index is 2.43. The van der Waals surface area contributed by atoms with Gasteiger partial charge in [-0.15, -0.1) is 5.10 Å². The summed E-state index contributed by atoms with van der Waals surface area (Å²) >= 11 is 0. The van der Waals surface area contributed by atoms with Gasteiger partial charge < -0.3 is 0 Å². The maximum absolute atomic E-state index is 4.24. The number of fused-ring (bicyclic) bond motifs is 1. The Kier molecular flexibility index (Phi) is 1.60.